The second-order valence-electron chi connectivity index (χ2n) is 4.25. The first kappa shape index (κ1) is 11.9. The van der Waals surface area contributed by atoms with Gasteiger partial charge in [-0.3, -0.25) is 0 Å². The molecule has 2 N–H and O–H groups in total. The lowest BCUT2D eigenvalue weighted by atomic mass is 10.2. The molecule has 0 radical (unpaired) electrons. The van der Waals surface area contributed by atoms with Crippen LogP contribution in [0.4, 0.5) is 10.1 Å². The fourth-order valence-corrected chi connectivity index (χ4v) is 2.48. The van der Waals surface area contributed by atoms with Crippen molar-refractivity contribution >= 4 is 21.5 Å². The van der Waals surface area contributed by atoms with E-state index in [1.807, 2.05) is 6.07 Å². The van der Waals surface area contributed by atoms with Crippen molar-refractivity contribution in [3.63, 3.8) is 0 Å². The third-order valence-electron chi connectivity index (χ3n) is 2.58. The minimum Gasteiger partial charge on any atom is -0.389 e. The molecule has 0 aliphatic heterocycles. The maximum absolute atomic E-state index is 5.74. The SMILES string of the molecule is CC(C)N(Cc1ccccc1)c1ncc(N)s1. The predicted molar refractivity (Wildman–Crippen MR) is 74.3 cm³/mol. The quantitative estimate of drug-likeness (QED) is 0.902. The van der Waals surface area contributed by atoms with Gasteiger partial charge in [-0.15, -0.1) is 0 Å². The minimum atomic E-state index is 0.403. The molecule has 3 nitrogen and oxygen atoms in total. The van der Waals surface area contributed by atoms with Crippen LogP contribution in [0.3, 0.4) is 0 Å². The monoisotopic (exact) mass is 247 g/mol. The Morgan fingerprint density at radius 3 is 2.53 bits per heavy atom. The lowest BCUT2D eigenvalue weighted by Gasteiger charge is -2.26. The zero-order chi connectivity index (χ0) is 12.3. The maximum atomic E-state index is 5.74. The van der Waals surface area contributed by atoms with Crippen molar-refractivity contribution < 1.29 is 0 Å². The van der Waals surface area contributed by atoms with Crippen LogP contribution in [-0.4, -0.2) is 11.0 Å². The van der Waals surface area contributed by atoms with Gasteiger partial charge in [0.25, 0.3) is 0 Å². The van der Waals surface area contributed by atoms with Crippen molar-refractivity contribution in [3.05, 3.63) is 42.1 Å². The summed E-state index contributed by atoms with van der Waals surface area (Å²) in [4.78, 5) is 6.61. The molecule has 0 aliphatic carbocycles. The zero-order valence-corrected chi connectivity index (χ0v) is 10.9. The Hall–Kier alpha value is -1.55. The molecule has 0 saturated heterocycles. The number of anilines is 2. The molecule has 0 spiro atoms. The maximum Gasteiger partial charge on any atom is 0.187 e. The van der Waals surface area contributed by atoms with Crippen molar-refractivity contribution in [2.45, 2.75) is 26.4 Å². The van der Waals surface area contributed by atoms with E-state index in [0.29, 0.717) is 6.04 Å². The lowest BCUT2D eigenvalue weighted by molar-refractivity contribution is 0.680. The smallest absolute Gasteiger partial charge is 0.187 e. The van der Waals surface area contributed by atoms with E-state index in [2.05, 4.69) is 48.0 Å². The Bertz CT molecular complexity index is 465. The van der Waals surface area contributed by atoms with Gasteiger partial charge in [-0.1, -0.05) is 41.7 Å². The molecule has 90 valence electrons. The molecule has 2 aromatic rings. The van der Waals surface area contributed by atoms with Gasteiger partial charge in [0.15, 0.2) is 5.13 Å². The van der Waals surface area contributed by atoms with Crippen molar-refractivity contribution in [1.82, 2.24) is 4.98 Å². The number of thiazole rings is 1. The first-order chi connectivity index (χ1) is 8.16. The first-order valence-corrected chi connectivity index (χ1v) is 6.50. The normalized spacial score (nSPS) is 10.8. The summed E-state index contributed by atoms with van der Waals surface area (Å²) in [7, 11) is 0. The molecule has 0 fully saturated rings. The molecule has 1 heterocycles. The average Bonchev–Trinajstić information content (AvgIpc) is 2.73. The van der Waals surface area contributed by atoms with E-state index < -0.39 is 0 Å². The summed E-state index contributed by atoms with van der Waals surface area (Å²) in [5.74, 6) is 0. The van der Waals surface area contributed by atoms with Crippen LogP contribution >= 0.6 is 11.3 Å². The summed E-state index contributed by atoms with van der Waals surface area (Å²) < 4.78 is 0. The second kappa shape index (κ2) is 5.19. The lowest BCUT2D eigenvalue weighted by Crippen LogP contribution is -2.29. The number of aromatic nitrogens is 1. The highest BCUT2D eigenvalue weighted by Gasteiger charge is 2.14. The van der Waals surface area contributed by atoms with E-state index >= 15 is 0 Å². The molecule has 0 atom stereocenters. The number of nitrogens with zero attached hydrogens (tertiary/aromatic N) is 2. The topological polar surface area (TPSA) is 42.2 Å². The first-order valence-electron chi connectivity index (χ1n) is 5.68. The van der Waals surface area contributed by atoms with Crippen LogP contribution in [0.5, 0.6) is 0 Å². The standard InChI is InChI=1S/C13H17N3S/c1-10(2)16(13-15-8-12(14)17-13)9-11-6-4-3-5-7-11/h3-8,10H,9,14H2,1-2H3. The van der Waals surface area contributed by atoms with Crippen molar-refractivity contribution in [2.24, 2.45) is 0 Å². The molecular formula is C13H17N3S. The number of hydrogen-bond acceptors (Lipinski definition) is 4. The van der Waals surface area contributed by atoms with Crippen LogP contribution in [-0.2, 0) is 6.54 Å². The molecular weight excluding hydrogens is 230 g/mol. The van der Waals surface area contributed by atoms with E-state index in [1.54, 1.807) is 6.20 Å². The molecule has 1 aromatic carbocycles. The highest BCUT2D eigenvalue weighted by Crippen LogP contribution is 2.27. The van der Waals surface area contributed by atoms with Gasteiger partial charge in [-0.25, -0.2) is 4.98 Å². The van der Waals surface area contributed by atoms with E-state index in [1.165, 1.54) is 16.9 Å². The van der Waals surface area contributed by atoms with Crippen molar-refractivity contribution in [2.75, 3.05) is 10.6 Å². The van der Waals surface area contributed by atoms with Gasteiger partial charge in [-0.2, -0.15) is 0 Å². The molecule has 4 heteroatoms. The van der Waals surface area contributed by atoms with Gasteiger partial charge >= 0.3 is 0 Å². The molecule has 2 rings (SSSR count). The molecule has 0 amide bonds. The Balaban J connectivity index is 2.19. The molecule has 17 heavy (non-hydrogen) atoms. The predicted octanol–water partition coefficient (Wildman–Crippen LogP) is 3.14. The third kappa shape index (κ3) is 2.97. The molecule has 0 saturated carbocycles. The van der Waals surface area contributed by atoms with Crippen LogP contribution in [0.25, 0.3) is 0 Å². The zero-order valence-electron chi connectivity index (χ0n) is 10.1. The van der Waals surface area contributed by atoms with E-state index in [9.17, 15) is 0 Å². The summed E-state index contributed by atoms with van der Waals surface area (Å²) in [6.07, 6.45) is 1.72. The summed E-state index contributed by atoms with van der Waals surface area (Å²) in [6, 6.07) is 10.8. The fourth-order valence-electron chi connectivity index (χ4n) is 1.66. The summed E-state index contributed by atoms with van der Waals surface area (Å²) in [6.45, 7) is 5.20. The largest absolute Gasteiger partial charge is 0.389 e. The Kier molecular flexibility index (Phi) is 3.64. The van der Waals surface area contributed by atoms with Crippen LogP contribution in [0.15, 0.2) is 36.5 Å². The summed E-state index contributed by atoms with van der Waals surface area (Å²) in [5.41, 5.74) is 7.03. The van der Waals surface area contributed by atoms with Gasteiger partial charge < -0.3 is 10.6 Å². The van der Waals surface area contributed by atoms with Crippen LogP contribution in [0, 0.1) is 0 Å². The fraction of sp³-hybridized carbons (Fsp3) is 0.308. The third-order valence-corrected chi connectivity index (χ3v) is 3.44. The number of hydrogen-bond donors (Lipinski definition) is 1. The van der Waals surface area contributed by atoms with Crippen LogP contribution in [0.2, 0.25) is 0 Å². The van der Waals surface area contributed by atoms with Gasteiger partial charge in [0.05, 0.1) is 6.20 Å². The van der Waals surface area contributed by atoms with Gasteiger partial charge in [0, 0.05) is 12.6 Å². The highest BCUT2D eigenvalue weighted by molar-refractivity contribution is 7.19. The molecule has 0 unspecified atom stereocenters. The average molecular weight is 247 g/mol. The molecule has 1 aromatic heterocycles. The van der Waals surface area contributed by atoms with Crippen LogP contribution in [0.1, 0.15) is 19.4 Å². The van der Waals surface area contributed by atoms with E-state index in [-0.39, 0.29) is 0 Å². The number of nitrogen functional groups attached to an aromatic ring is 1. The molecule has 0 bridgehead atoms. The Morgan fingerprint density at radius 2 is 2.00 bits per heavy atom. The van der Waals surface area contributed by atoms with Gasteiger partial charge in [-0.05, 0) is 19.4 Å². The molecule has 0 aliphatic rings. The summed E-state index contributed by atoms with van der Waals surface area (Å²) in [5, 5.41) is 1.75. The summed E-state index contributed by atoms with van der Waals surface area (Å²) >= 11 is 1.54. The van der Waals surface area contributed by atoms with Crippen molar-refractivity contribution in [1.29, 1.82) is 0 Å². The number of benzene rings is 1. The van der Waals surface area contributed by atoms with Crippen molar-refractivity contribution in [3.8, 4) is 0 Å². The van der Waals surface area contributed by atoms with Gasteiger partial charge in [0.2, 0.25) is 0 Å². The highest BCUT2D eigenvalue weighted by atomic mass is 32.1. The Labute approximate surface area is 106 Å². The minimum absolute atomic E-state index is 0.403. The Morgan fingerprint density at radius 1 is 1.29 bits per heavy atom. The second-order valence-corrected chi connectivity index (χ2v) is 5.29. The number of nitrogens with two attached hydrogens (primary N) is 1. The van der Waals surface area contributed by atoms with E-state index in [4.69, 9.17) is 5.73 Å². The van der Waals surface area contributed by atoms with Gasteiger partial charge in [0.1, 0.15) is 5.00 Å². The number of rotatable bonds is 4. The van der Waals surface area contributed by atoms with Crippen LogP contribution < -0.4 is 10.6 Å². The van der Waals surface area contributed by atoms with E-state index in [0.717, 1.165) is 16.7 Å².